The van der Waals surface area contributed by atoms with Crippen molar-refractivity contribution in [1.29, 1.82) is 0 Å². The highest BCUT2D eigenvalue weighted by atomic mass is 16.4. The van der Waals surface area contributed by atoms with Crippen molar-refractivity contribution in [3.05, 3.63) is 11.1 Å². The minimum Gasteiger partial charge on any atom is -0.478 e. The molecule has 1 fully saturated rings. The average Bonchev–Trinajstić information content (AvgIpc) is 2.58. The van der Waals surface area contributed by atoms with Gasteiger partial charge in [0.1, 0.15) is 5.78 Å². The van der Waals surface area contributed by atoms with E-state index in [2.05, 4.69) is 6.92 Å². The third kappa shape index (κ3) is 7.84. The Balaban J connectivity index is 2.67. The van der Waals surface area contributed by atoms with Gasteiger partial charge in [0.2, 0.25) is 0 Å². The van der Waals surface area contributed by atoms with Crippen LogP contribution in [0.3, 0.4) is 0 Å². The first-order valence-corrected chi connectivity index (χ1v) is 9.68. The van der Waals surface area contributed by atoms with Gasteiger partial charge in [0, 0.05) is 12.8 Å². The highest BCUT2D eigenvalue weighted by Crippen LogP contribution is 2.32. The molecule has 0 aromatic heterocycles. The second-order valence-electron chi connectivity index (χ2n) is 7.07. The van der Waals surface area contributed by atoms with E-state index in [-0.39, 0.29) is 29.3 Å². The second kappa shape index (κ2) is 11.8. The Morgan fingerprint density at radius 3 is 2.00 bits per heavy atom. The van der Waals surface area contributed by atoms with E-state index in [4.69, 9.17) is 0 Å². The zero-order valence-corrected chi connectivity index (χ0v) is 15.4. The van der Waals surface area contributed by atoms with Gasteiger partial charge in [-0.2, -0.15) is 0 Å². The molecule has 0 amide bonds. The Hall–Kier alpha value is -1.65. The third-order valence-electron chi connectivity index (χ3n) is 5.01. The van der Waals surface area contributed by atoms with Crippen LogP contribution in [-0.4, -0.2) is 27.9 Å². The molecule has 1 rings (SSSR count). The molecule has 0 saturated heterocycles. The summed E-state index contributed by atoms with van der Waals surface area (Å²) in [5.74, 6) is -2.85. The summed E-state index contributed by atoms with van der Waals surface area (Å²) < 4.78 is 0. The summed E-state index contributed by atoms with van der Waals surface area (Å²) in [5.41, 5.74) is -0.237. The molecule has 0 atom stereocenters. The predicted molar refractivity (Wildman–Crippen MR) is 96.5 cm³/mol. The van der Waals surface area contributed by atoms with Crippen LogP contribution in [0, 0.1) is 5.92 Å². The molecule has 25 heavy (non-hydrogen) atoms. The number of carboxylic acids is 2. The van der Waals surface area contributed by atoms with Crippen molar-refractivity contribution in [2.75, 3.05) is 0 Å². The van der Waals surface area contributed by atoms with Crippen LogP contribution in [0.2, 0.25) is 0 Å². The van der Waals surface area contributed by atoms with Gasteiger partial charge in [-0.15, -0.1) is 0 Å². The van der Waals surface area contributed by atoms with Crippen molar-refractivity contribution >= 4 is 17.7 Å². The number of aliphatic carboxylic acids is 2. The van der Waals surface area contributed by atoms with E-state index in [0.29, 0.717) is 19.3 Å². The second-order valence-corrected chi connectivity index (χ2v) is 7.07. The van der Waals surface area contributed by atoms with Crippen molar-refractivity contribution in [2.24, 2.45) is 5.92 Å². The molecule has 0 aliphatic heterocycles. The van der Waals surface area contributed by atoms with Crippen LogP contribution in [-0.2, 0) is 14.4 Å². The number of Topliss-reactive ketones (excluding diaryl/α,β-unsaturated/α-hetero) is 1. The standard InChI is InChI=1S/C20H32O5/c1-2-3-4-5-6-10-13-16(21)14-17(19(22)23)18(20(24)25)15-11-8-7-9-12-15/h15H,2-14H2,1H3,(H,22,23)(H,24,25). The summed E-state index contributed by atoms with van der Waals surface area (Å²) >= 11 is 0. The molecule has 0 heterocycles. The van der Waals surface area contributed by atoms with Crippen LogP contribution in [0.4, 0.5) is 0 Å². The van der Waals surface area contributed by atoms with E-state index in [0.717, 1.165) is 44.9 Å². The fourth-order valence-corrected chi connectivity index (χ4v) is 3.62. The molecule has 2 N–H and O–H groups in total. The average molecular weight is 352 g/mol. The quantitative estimate of drug-likeness (QED) is 0.391. The highest BCUT2D eigenvalue weighted by molar-refractivity contribution is 6.02. The fourth-order valence-electron chi connectivity index (χ4n) is 3.62. The van der Waals surface area contributed by atoms with Gasteiger partial charge in [0.15, 0.2) is 0 Å². The molecule has 1 aliphatic carbocycles. The maximum absolute atomic E-state index is 12.2. The summed E-state index contributed by atoms with van der Waals surface area (Å²) in [4.78, 5) is 35.4. The van der Waals surface area contributed by atoms with Gasteiger partial charge in [-0.3, -0.25) is 4.79 Å². The van der Waals surface area contributed by atoms with Gasteiger partial charge < -0.3 is 10.2 Å². The monoisotopic (exact) mass is 352 g/mol. The molecular weight excluding hydrogens is 320 g/mol. The lowest BCUT2D eigenvalue weighted by Gasteiger charge is -2.23. The van der Waals surface area contributed by atoms with Gasteiger partial charge in [-0.05, 0) is 25.2 Å². The molecule has 0 aromatic carbocycles. The van der Waals surface area contributed by atoms with Crippen molar-refractivity contribution in [1.82, 2.24) is 0 Å². The molecular formula is C20H32O5. The van der Waals surface area contributed by atoms with Gasteiger partial charge >= 0.3 is 11.9 Å². The lowest BCUT2D eigenvalue weighted by Crippen LogP contribution is -2.22. The zero-order valence-electron chi connectivity index (χ0n) is 15.4. The molecule has 1 aliphatic rings. The maximum atomic E-state index is 12.2. The molecule has 5 nitrogen and oxygen atoms in total. The number of hydrogen-bond acceptors (Lipinski definition) is 3. The summed E-state index contributed by atoms with van der Waals surface area (Å²) in [6, 6.07) is 0. The number of carbonyl (C=O) groups is 3. The minimum atomic E-state index is -1.26. The normalized spacial score (nSPS) is 16.4. The van der Waals surface area contributed by atoms with E-state index >= 15 is 0 Å². The smallest absolute Gasteiger partial charge is 0.332 e. The number of carboxylic acid groups (broad SMARTS) is 2. The molecule has 1 saturated carbocycles. The van der Waals surface area contributed by atoms with Crippen molar-refractivity contribution < 1.29 is 24.6 Å². The van der Waals surface area contributed by atoms with Gasteiger partial charge in [-0.25, -0.2) is 9.59 Å². The SMILES string of the molecule is CCCCCCCCC(=O)CC(C(=O)O)=C(C(=O)O)C1CCCCC1. The Kier molecular flexibility index (Phi) is 10.1. The summed E-state index contributed by atoms with van der Waals surface area (Å²) in [6.45, 7) is 2.15. The van der Waals surface area contributed by atoms with Gasteiger partial charge in [0.25, 0.3) is 0 Å². The maximum Gasteiger partial charge on any atom is 0.332 e. The van der Waals surface area contributed by atoms with Crippen LogP contribution in [0.5, 0.6) is 0 Å². The number of unbranched alkanes of at least 4 members (excludes halogenated alkanes) is 5. The number of carbonyl (C=O) groups excluding carboxylic acids is 1. The molecule has 142 valence electrons. The topological polar surface area (TPSA) is 91.7 Å². The van der Waals surface area contributed by atoms with Crippen LogP contribution in [0.25, 0.3) is 0 Å². The molecule has 0 aromatic rings. The first-order valence-electron chi connectivity index (χ1n) is 9.68. The van der Waals surface area contributed by atoms with Gasteiger partial charge in [-0.1, -0.05) is 58.3 Å². The molecule has 0 bridgehead atoms. The third-order valence-corrected chi connectivity index (χ3v) is 5.01. The highest BCUT2D eigenvalue weighted by Gasteiger charge is 2.29. The lowest BCUT2D eigenvalue weighted by molar-refractivity contribution is -0.137. The predicted octanol–water partition coefficient (Wildman–Crippen LogP) is 4.74. The van der Waals surface area contributed by atoms with Crippen LogP contribution >= 0.6 is 0 Å². The number of rotatable bonds is 12. The molecule has 0 unspecified atom stereocenters. The lowest BCUT2D eigenvalue weighted by atomic mass is 9.80. The van der Waals surface area contributed by atoms with E-state index < -0.39 is 11.9 Å². The Labute approximate surface area is 150 Å². The largest absolute Gasteiger partial charge is 0.478 e. The molecule has 5 heteroatoms. The molecule has 0 spiro atoms. The van der Waals surface area contributed by atoms with Gasteiger partial charge in [0.05, 0.1) is 11.1 Å². The minimum absolute atomic E-state index is 0.0384. The summed E-state index contributed by atoms with van der Waals surface area (Å²) in [7, 11) is 0. The van der Waals surface area contributed by atoms with Crippen LogP contribution in [0.1, 0.15) is 90.4 Å². The van der Waals surface area contributed by atoms with E-state index in [9.17, 15) is 24.6 Å². The number of hydrogen-bond donors (Lipinski definition) is 2. The summed E-state index contributed by atoms with van der Waals surface area (Å²) in [5, 5.41) is 19.0. The van der Waals surface area contributed by atoms with Crippen LogP contribution < -0.4 is 0 Å². The number of ketones is 1. The van der Waals surface area contributed by atoms with E-state index in [1.54, 1.807) is 0 Å². The van der Waals surface area contributed by atoms with E-state index in [1.165, 1.54) is 12.8 Å². The van der Waals surface area contributed by atoms with Crippen molar-refractivity contribution in [3.8, 4) is 0 Å². The zero-order chi connectivity index (χ0) is 18.7. The van der Waals surface area contributed by atoms with Crippen LogP contribution in [0.15, 0.2) is 11.1 Å². The Morgan fingerprint density at radius 2 is 1.44 bits per heavy atom. The van der Waals surface area contributed by atoms with E-state index in [1.807, 2.05) is 0 Å². The van der Waals surface area contributed by atoms with Crippen molar-refractivity contribution in [2.45, 2.75) is 90.4 Å². The van der Waals surface area contributed by atoms with Crippen molar-refractivity contribution in [3.63, 3.8) is 0 Å². The molecule has 0 radical (unpaired) electrons. The Morgan fingerprint density at radius 1 is 0.840 bits per heavy atom. The first kappa shape index (κ1) is 21.4. The fraction of sp³-hybridized carbons (Fsp3) is 0.750. The Bertz CT molecular complexity index is 486. The first-order chi connectivity index (χ1) is 12.0. The summed E-state index contributed by atoms with van der Waals surface area (Å²) in [6.07, 6.45) is 10.7.